The van der Waals surface area contributed by atoms with Gasteiger partial charge in [0.2, 0.25) is 10.0 Å². The second kappa shape index (κ2) is 6.35. The van der Waals surface area contributed by atoms with Gasteiger partial charge in [-0.3, -0.25) is 0 Å². The van der Waals surface area contributed by atoms with Crippen LogP contribution in [0, 0.1) is 11.7 Å². The maximum absolute atomic E-state index is 13.5. The van der Waals surface area contributed by atoms with E-state index in [1.807, 2.05) is 7.05 Å². The first-order chi connectivity index (χ1) is 9.79. The molecule has 1 aliphatic heterocycles. The zero-order valence-electron chi connectivity index (χ0n) is 11.7. The summed E-state index contributed by atoms with van der Waals surface area (Å²) >= 11 is 4.71. The van der Waals surface area contributed by atoms with Gasteiger partial charge in [0, 0.05) is 18.7 Å². The van der Waals surface area contributed by atoms with Crippen LogP contribution < -0.4 is 10.5 Å². The van der Waals surface area contributed by atoms with Crippen molar-refractivity contribution in [2.45, 2.75) is 11.3 Å². The summed E-state index contributed by atoms with van der Waals surface area (Å²) < 4.78 is 40.5. The van der Waals surface area contributed by atoms with Crippen molar-refractivity contribution in [3.8, 4) is 0 Å². The fraction of sp³-hybridized carbons (Fsp3) is 0.462. The average molecular weight is 331 g/mol. The minimum absolute atomic E-state index is 0.0296. The number of hydrogen-bond donors (Lipinski definition) is 2. The fourth-order valence-corrected chi connectivity index (χ4v) is 3.66. The van der Waals surface area contributed by atoms with E-state index in [4.69, 9.17) is 18.0 Å². The lowest BCUT2D eigenvalue weighted by atomic mass is 10.1. The van der Waals surface area contributed by atoms with E-state index in [2.05, 4.69) is 9.62 Å². The van der Waals surface area contributed by atoms with Crippen molar-refractivity contribution >= 4 is 27.2 Å². The summed E-state index contributed by atoms with van der Waals surface area (Å²) in [6.07, 6.45) is 0.959. The Bertz CT molecular complexity index is 649. The minimum atomic E-state index is -3.69. The summed E-state index contributed by atoms with van der Waals surface area (Å²) in [7, 11) is -1.69. The molecule has 5 nitrogen and oxygen atoms in total. The van der Waals surface area contributed by atoms with Crippen molar-refractivity contribution in [3.05, 3.63) is 29.6 Å². The number of rotatable bonds is 5. The van der Waals surface area contributed by atoms with Crippen LogP contribution in [0.4, 0.5) is 4.39 Å². The highest BCUT2D eigenvalue weighted by atomic mass is 32.2. The number of nitrogens with one attached hydrogen (secondary N) is 1. The number of nitrogens with two attached hydrogens (primary N) is 1. The minimum Gasteiger partial charge on any atom is -0.389 e. The number of likely N-dealkylation sites (tertiary alicyclic amines) is 1. The molecule has 3 N–H and O–H groups in total. The van der Waals surface area contributed by atoms with Gasteiger partial charge in [-0.05, 0) is 44.1 Å². The second-order valence-electron chi connectivity index (χ2n) is 5.27. The number of sulfonamides is 1. The molecule has 0 aliphatic carbocycles. The number of hydrogen-bond acceptors (Lipinski definition) is 4. The molecule has 1 aliphatic rings. The molecule has 2 rings (SSSR count). The number of nitrogens with zero attached hydrogens (tertiary/aromatic N) is 1. The van der Waals surface area contributed by atoms with Gasteiger partial charge in [0.25, 0.3) is 0 Å². The molecule has 0 radical (unpaired) electrons. The normalized spacial score (nSPS) is 19.8. The van der Waals surface area contributed by atoms with Gasteiger partial charge in [-0.2, -0.15) is 0 Å². The zero-order chi connectivity index (χ0) is 15.6. The number of thiocarbonyl (C=S) groups is 1. The zero-order valence-corrected chi connectivity index (χ0v) is 13.3. The molecular weight excluding hydrogens is 313 g/mol. The molecule has 0 saturated carbocycles. The third kappa shape index (κ3) is 3.97. The quantitative estimate of drug-likeness (QED) is 0.777. The van der Waals surface area contributed by atoms with Gasteiger partial charge in [0.05, 0.1) is 4.90 Å². The van der Waals surface area contributed by atoms with E-state index in [9.17, 15) is 12.8 Å². The molecule has 0 bridgehead atoms. The molecule has 1 aromatic carbocycles. The molecule has 1 saturated heterocycles. The van der Waals surface area contributed by atoms with E-state index < -0.39 is 15.8 Å². The van der Waals surface area contributed by atoms with Crippen LogP contribution in [0.2, 0.25) is 0 Å². The molecule has 8 heteroatoms. The van der Waals surface area contributed by atoms with E-state index >= 15 is 0 Å². The molecular formula is C13H18FN3O2S2. The Kier molecular flexibility index (Phi) is 4.92. The van der Waals surface area contributed by atoms with Crippen LogP contribution in [0.1, 0.15) is 12.0 Å². The van der Waals surface area contributed by atoms with Crippen LogP contribution >= 0.6 is 12.2 Å². The van der Waals surface area contributed by atoms with Gasteiger partial charge < -0.3 is 10.6 Å². The van der Waals surface area contributed by atoms with E-state index in [1.54, 1.807) is 0 Å². The van der Waals surface area contributed by atoms with Crippen LogP contribution in [0.3, 0.4) is 0 Å². The SMILES string of the molecule is CN1CCC(CNS(=O)(=O)c2ccc(F)c(C(N)=S)c2)C1. The molecule has 0 amide bonds. The Balaban J connectivity index is 2.12. The predicted octanol–water partition coefficient (Wildman–Crippen LogP) is 0.690. The number of benzene rings is 1. The Hall–Kier alpha value is -1.09. The van der Waals surface area contributed by atoms with Gasteiger partial charge in [0.1, 0.15) is 10.8 Å². The smallest absolute Gasteiger partial charge is 0.240 e. The highest BCUT2D eigenvalue weighted by molar-refractivity contribution is 7.89. The molecule has 1 heterocycles. The van der Waals surface area contributed by atoms with Crippen molar-refractivity contribution in [1.29, 1.82) is 0 Å². The Morgan fingerprint density at radius 2 is 2.29 bits per heavy atom. The number of halogens is 1. The summed E-state index contributed by atoms with van der Waals surface area (Å²) in [5.41, 5.74) is 5.32. The fourth-order valence-electron chi connectivity index (χ4n) is 2.36. The Morgan fingerprint density at radius 3 is 2.86 bits per heavy atom. The van der Waals surface area contributed by atoms with Crippen molar-refractivity contribution in [2.75, 3.05) is 26.7 Å². The van der Waals surface area contributed by atoms with E-state index in [1.165, 1.54) is 12.1 Å². The molecule has 1 aromatic rings. The van der Waals surface area contributed by atoms with E-state index in [0.717, 1.165) is 25.6 Å². The monoisotopic (exact) mass is 331 g/mol. The van der Waals surface area contributed by atoms with Gasteiger partial charge in [-0.25, -0.2) is 17.5 Å². The van der Waals surface area contributed by atoms with Crippen LogP contribution in [0.15, 0.2) is 23.1 Å². The molecule has 21 heavy (non-hydrogen) atoms. The lowest BCUT2D eigenvalue weighted by Gasteiger charge is -2.13. The first-order valence-electron chi connectivity index (χ1n) is 6.57. The Morgan fingerprint density at radius 1 is 1.57 bits per heavy atom. The summed E-state index contributed by atoms with van der Waals surface area (Å²) in [6.45, 7) is 2.20. The largest absolute Gasteiger partial charge is 0.389 e. The summed E-state index contributed by atoms with van der Waals surface area (Å²) in [4.78, 5) is 1.96. The van der Waals surface area contributed by atoms with E-state index in [-0.39, 0.29) is 15.4 Å². The van der Waals surface area contributed by atoms with Crippen LogP contribution in [-0.4, -0.2) is 45.0 Å². The predicted molar refractivity (Wildman–Crippen MR) is 83.1 cm³/mol. The van der Waals surface area contributed by atoms with Crippen LogP contribution in [-0.2, 0) is 10.0 Å². The second-order valence-corrected chi connectivity index (χ2v) is 7.48. The summed E-state index contributed by atoms with van der Waals surface area (Å²) in [6, 6.07) is 3.44. The maximum atomic E-state index is 13.5. The van der Waals surface area contributed by atoms with Gasteiger partial charge in [0.15, 0.2) is 0 Å². The molecule has 0 aromatic heterocycles. The molecule has 116 valence electrons. The van der Waals surface area contributed by atoms with Crippen LogP contribution in [0.25, 0.3) is 0 Å². The average Bonchev–Trinajstić information content (AvgIpc) is 2.82. The van der Waals surface area contributed by atoms with Gasteiger partial charge >= 0.3 is 0 Å². The van der Waals surface area contributed by atoms with E-state index in [0.29, 0.717) is 12.5 Å². The first kappa shape index (κ1) is 16.3. The molecule has 1 atom stereocenters. The standard InChI is InChI=1S/C13H18FN3O2S2/c1-17-5-4-9(8-17)7-16-21(18,19)10-2-3-12(14)11(6-10)13(15)20/h2-3,6,9,16H,4-5,7-8H2,1H3,(H2,15,20). The Labute approximate surface area is 129 Å². The third-order valence-corrected chi connectivity index (χ3v) is 5.21. The lowest BCUT2D eigenvalue weighted by Crippen LogP contribution is -2.30. The topological polar surface area (TPSA) is 75.4 Å². The van der Waals surface area contributed by atoms with Crippen molar-refractivity contribution in [3.63, 3.8) is 0 Å². The van der Waals surface area contributed by atoms with Gasteiger partial charge in [-0.15, -0.1) is 0 Å². The van der Waals surface area contributed by atoms with Crippen LogP contribution in [0.5, 0.6) is 0 Å². The highest BCUT2D eigenvalue weighted by Gasteiger charge is 2.23. The highest BCUT2D eigenvalue weighted by Crippen LogP contribution is 2.17. The molecule has 0 spiro atoms. The molecule has 1 unspecified atom stereocenters. The van der Waals surface area contributed by atoms with Crippen molar-refractivity contribution in [2.24, 2.45) is 11.7 Å². The van der Waals surface area contributed by atoms with Gasteiger partial charge in [-0.1, -0.05) is 12.2 Å². The third-order valence-electron chi connectivity index (χ3n) is 3.56. The molecule has 1 fully saturated rings. The maximum Gasteiger partial charge on any atom is 0.240 e. The summed E-state index contributed by atoms with van der Waals surface area (Å²) in [5, 5.41) is 0. The summed E-state index contributed by atoms with van der Waals surface area (Å²) in [5.74, 6) is -0.334. The van der Waals surface area contributed by atoms with Crippen molar-refractivity contribution in [1.82, 2.24) is 9.62 Å². The first-order valence-corrected chi connectivity index (χ1v) is 8.46. The van der Waals surface area contributed by atoms with Crippen molar-refractivity contribution < 1.29 is 12.8 Å². The lowest BCUT2D eigenvalue weighted by molar-refractivity contribution is 0.394.